The fourth-order valence-corrected chi connectivity index (χ4v) is 2.84. The van der Waals surface area contributed by atoms with Gasteiger partial charge in [-0.1, -0.05) is 0 Å². The van der Waals surface area contributed by atoms with Gasteiger partial charge >= 0.3 is 0 Å². The number of hydrazone groups is 1. The number of hydrogen-bond donors (Lipinski definition) is 1. The van der Waals surface area contributed by atoms with Crippen molar-refractivity contribution in [3.63, 3.8) is 0 Å². The van der Waals surface area contributed by atoms with Crippen LogP contribution in [0.5, 0.6) is 5.75 Å². The number of hydrogen-bond acceptors (Lipinski definition) is 4. The van der Waals surface area contributed by atoms with Gasteiger partial charge in [0.05, 0.1) is 21.5 Å². The zero-order valence-corrected chi connectivity index (χ0v) is 13.4. The first-order valence-corrected chi connectivity index (χ1v) is 7.45. The second-order valence-electron chi connectivity index (χ2n) is 3.97. The summed E-state index contributed by atoms with van der Waals surface area (Å²) in [5.41, 5.74) is 3.85. The Morgan fingerprint density at radius 3 is 2.50 bits per heavy atom. The number of rotatable bonds is 4. The van der Waals surface area contributed by atoms with Crippen LogP contribution in [0.25, 0.3) is 0 Å². The van der Waals surface area contributed by atoms with Crippen molar-refractivity contribution < 1.29 is 9.53 Å². The van der Waals surface area contributed by atoms with E-state index in [1.807, 2.05) is 19.1 Å². The number of carbonyl (C=O) groups is 1. The van der Waals surface area contributed by atoms with Gasteiger partial charge in [0.2, 0.25) is 0 Å². The van der Waals surface area contributed by atoms with Crippen LogP contribution >= 0.6 is 27.3 Å². The van der Waals surface area contributed by atoms with E-state index < -0.39 is 0 Å². The number of benzene rings is 1. The van der Waals surface area contributed by atoms with Crippen LogP contribution in [0.2, 0.25) is 0 Å². The van der Waals surface area contributed by atoms with Crippen LogP contribution in [0.3, 0.4) is 0 Å². The maximum absolute atomic E-state index is 11.9. The maximum Gasteiger partial charge on any atom is 0.271 e. The molecule has 2 aromatic rings. The second-order valence-corrected chi connectivity index (χ2v) is 6.43. The molecule has 1 aromatic heterocycles. The Bertz CT molecular complexity index is 635. The quantitative estimate of drug-likeness (QED) is 0.674. The van der Waals surface area contributed by atoms with E-state index in [2.05, 4.69) is 26.5 Å². The minimum Gasteiger partial charge on any atom is -0.497 e. The fraction of sp³-hybridized carbons (Fsp3) is 0.143. The third kappa shape index (κ3) is 3.68. The third-order valence-electron chi connectivity index (χ3n) is 2.61. The molecular formula is C14H13BrN2O2S. The summed E-state index contributed by atoms with van der Waals surface area (Å²) in [7, 11) is 1.59. The van der Waals surface area contributed by atoms with Gasteiger partial charge in [-0.2, -0.15) is 5.10 Å². The smallest absolute Gasteiger partial charge is 0.271 e. The molecule has 0 radical (unpaired) electrons. The lowest BCUT2D eigenvalue weighted by Crippen LogP contribution is -2.19. The average Bonchev–Trinajstić information content (AvgIpc) is 2.91. The van der Waals surface area contributed by atoms with Crippen LogP contribution in [-0.4, -0.2) is 18.7 Å². The maximum atomic E-state index is 11.9. The molecule has 0 saturated heterocycles. The molecule has 1 heterocycles. The Hall–Kier alpha value is -1.66. The van der Waals surface area contributed by atoms with E-state index in [1.165, 1.54) is 0 Å². The van der Waals surface area contributed by atoms with E-state index in [-0.39, 0.29) is 5.91 Å². The van der Waals surface area contributed by atoms with Gasteiger partial charge in [0.25, 0.3) is 5.91 Å². The molecule has 0 fully saturated rings. The normalized spacial score (nSPS) is 11.2. The van der Waals surface area contributed by atoms with Crippen molar-refractivity contribution in [2.24, 2.45) is 5.10 Å². The molecule has 0 aliphatic heterocycles. The Morgan fingerprint density at radius 2 is 1.95 bits per heavy atom. The first kappa shape index (κ1) is 14.7. The lowest BCUT2D eigenvalue weighted by Gasteiger charge is -2.03. The van der Waals surface area contributed by atoms with Crippen molar-refractivity contribution in [2.45, 2.75) is 6.92 Å². The van der Waals surface area contributed by atoms with Crippen molar-refractivity contribution >= 4 is 38.9 Å². The highest BCUT2D eigenvalue weighted by atomic mass is 79.9. The highest BCUT2D eigenvalue weighted by Crippen LogP contribution is 2.22. The van der Waals surface area contributed by atoms with Crippen molar-refractivity contribution in [1.29, 1.82) is 0 Å². The molecule has 20 heavy (non-hydrogen) atoms. The summed E-state index contributed by atoms with van der Waals surface area (Å²) < 4.78 is 6.08. The highest BCUT2D eigenvalue weighted by Gasteiger charge is 2.06. The molecule has 1 amide bonds. The van der Waals surface area contributed by atoms with Gasteiger partial charge in [0.1, 0.15) is 5.75 Å². The van der Waals surface area contributed by atoms with Gasteiger partial charge in [0, 0.05) is 5.56 Å². The summed E-state index contributed by atoms with van der Waals surface area (Å²) in [6.45, 7) is 1.85. The van der Waals surface area contributed by atoms with Gasteiger partial charge in [-0.15, -0.1) is 11.3 Å². The van der Waals surface area contributed by atoms with Gasteiger partial charge in [-0.3, -0.25) is 4.79 Å². The van der Waals surface area contributed by atoms with Crippen LogP contribution in [0.15, 0.2) is 45.3 Å². The molecule has 0 aliphatic carbocycles. The summed E-state index contributed by atoms with van der Waals surface area (Å²) in [6, 6.07) is 10.8. The van der Waals surface area contributed by atoms with E-state index >= 15 is 0 Å². The lowest BCUT2D eigenvalue weighted by atomic mass is 10.2. The molecule has 1 N–H and O–H groups in total. The SMILES string of the molecule is COc1ccc(C(=O)N/N=C(/C)c2ccc(Br)s2)cc1. The Morgan fingerprint density at radius 1 is 1.25 bits per heavy atom. The molecule has 0 bridgehead atoms. The minimum absolute atomic E-state index is 0.248. The van der Waals surface area contributed by atoms with E-state index in [0.717, 1.165) is 14.4 Å². The molecule has 2 rings (SSSR count). The second kappa shape index (κ2) is 6.67. The number of ether oxygens (including phenoxy) is 1. The van der Waals surface area contributed by atoms with E-state index in [9.17, 15) is 4.79 Å². The van der Waals surface area contributed by atoms with Gasteiger partial charge in [0.15, 0.2) is 0 Å². The summed E-state index contributed by atoms with van der Waals surface area (Å²) >= 11 is 4.96. The fourth-order valence-electron chi connectivity index (χ4n) is 1.51. The molecule has 1 aromatic carbocycles. The standard InChI is InChI=1S/C14H13BrN2O2S/c1-9(12-7-8-13(15)20-12)16-17-14(18)10-3-5-11(19-2)6-4-10/h3-8H,1-2H3,(H,17,18)/b16-9-. The predicted molar refractivity (Wildman–Crippen MR) is 84.7 cm³/mol. The molecule has 4 nitrogen and oxygen atoms in total. The zero-order valence-electron chi connectivity index (χ0n) is 11.0. The van der Waals surface area contributed by atoms with E-state index in [1.54, 1.807) is 42.7 Å². The summed E-state index contributed by atoms with van der Waals surface area (Å²) in [4.78, 5) is 12.9. The molecule has 0 spiro atoms. The monoisotopic (exact) mass is 352 g/mol. The summed E-state index contributed by atoms with van der Waals surface area (Å²) in [5.74, 6) is 0.465. The Labute approximate surface area is 129 Å². The third-order valence-corrected chi connectivity index (χ3v) is 4.34. The van der Waals surface area contributed by atoms with Gasteiger partial charge in [-0.25, -0.2) is 5.43 Å². The van der Waals surface area contributed by atoms with Crippen LogP contribution < -0.4 is 10.2 Å². The van der Waals surface area contributed by atoms with Crippen molar-refractivity contribution in [3.8, 4) is 5.75 Å². The molecule has 0 unspecified atom stereocenters. The zero-order chi connectivity index (χ0) is 14.5. The summed E-state index contributed by atoms with van der Waals surface area (Å²) in [6.07, 6.45) is 0. The Kier molecular flexibility index (Phi) is 4.92. The number of halogens is 1. The minimum atomic E-state index is -0.248. The van der Waals surface area contributed by atoms with Crippen molar-refractivity contribution in [1.82, 2.24) is 5.43 Å². The average molecular weight is 353 g/mol. The number of amides is 1. The van der Waals surface area contributed by atoms with Gasteiger partial charge < -0.3 is 4.74 Å². The molecular weight excluding hydrogens is 340 g/mol. The lowest BCUT2D eigenvalue weighted by molar-refractivity contribution is 0.0955. The molecule has 104 valence electrons. The van der Waals surface area contributed by atoms with Crippen LogP contribution in [0.4, 0.5) is 0 Å². The summed E-state index contributed by atoms with van der Waals surface area (Å²) in [5, 5.41) is 4.10. The number of methoxy groups -OCH3 is 1. The molecule has 0 aliphatic rings. The number of nitrogens with zero attached hydrogens (tertiary/aromatic N) is 1. The van der Waals surface area contributed by atoms with Crippen molar-refractivity contribution in [2.75, 3.05) is 7.11 Å². The number of nitrogens with one attached hydrogen (secondary N) is 1. The first-order valence-electron chi connectivity index (χ1n) is 5.84. The molecule has 0 saturated carbocycles. The van der Waals surface area contributed by atoms with Crippen LogP contribution in [-0.2, 0) is 0 Å². The van der Waals surface area contributed by atoms with Crippen LogP contribution in [0, 0.1) is 0 Å². The molecule has 0 atom stereocenters. The largest absolute Gasteiger partial charge is 0.497 e. The van der Waals surface area contributed by atoms with E-state index in [0.29, 0.717) is 11.3 Å². The highest BCUT2D eigenvalue weighted by molar-refractivity contribution is 9.11. The van der Waals surface area contributed by atoms with Crippen LogP contribution in [0.1, 0.15) is 22.2 Å². The van der Waals surface area contributed by atoms with Gasteiger partial charge in [-0.05, 0) is 59.3 Å². The van der Waals surface area contributed by atoms with Crippen molar-refractivity contribution in [3.05, 3.63) is 50.6 Å². The number of carbonyl (C=O) groups excluding carboxylic acids is 1. The molecule has 6 heteroatoms. The topological polar surface area (TPSA) is 50.7 Å². The number of thiophene rings is 1. The predicted octanol–water partition coefficient (Wildman–Crippen LogP) is 3.67. The van der Waals surface area contributed by atoms with E-state index in [4.69, 9.17) is 4.74 Å². The first-order chi connectivity index (χ1) is 9.60. The Balaban J connectivity index is 2.03.